The van der Waals surface area contributed by atoms with Crippen LogP contribution in [0, 0.1) is 0 Å². The summed E-state index contributed by atoms with van der Waals surface area (Å²) >= 11 is 0. The van der Waals surface area contributed by atoms with Crippen LogP contribution in [0.3, 0.4) is 0 Å². The topological polar surface area (TPSA) is 146 Å². The minimum atomic E-state index is -3.75. The Hall–Kier alpha value is -1.84. The number of nitrogens with zero attached hydrogens (tertiary/aromatic N) is 4. The van der Waals surface area contributed by atoms with Gasteiger partial charge in [-0.05, 0) is 5.57 Å². The molecule has 2 unspecified atom stereocenters. The van der Waals surface area contributed by atoms with E-state index in [2.05, 4.69) is 31.1 Å². The highest BCUT2D eigenvalue weighted by Gasteiger charge is 2.20. The molecule has 120 valence electrons. The van der Waals surface area contributed by atoms with E-state index in [1.165, 1.54) is 12.7 Å². The summed E-state index contributed by atoms with van der Waals surface area (Å²) in [5.74, 6) is 0.220. The molecule has 2 rings (SSSR count). The van der Waals surface area contributed by atoms with Gasteiger partial charge in [0.15, 0.2) is 11.5 Å². The fourth-order valence-electron chi connectivity index (χ4n) is 1.81. The van der Waals surface area contributed by atoms with Crippen molar-refractivity contribution in [1.29, 1.82) is 0 Å². The summed E-state index contributed by atoms with van der Waals surface area (Å²) in [5.41, 5.74) is 6.93. The van der Waals surface area contributed by atoms with Gasteiger partial charge in [0.05, 0.1) is 19.0 Å². The Morgan fingerprint density at radius 3 is 2.91 bits per heavy atom. The molecule has 10 nitrogen and oxygen atoms in total. The average molecular weight is 329 g/mol. The Kier molecular flexibility index (Phi) is 4.89. The molecule has 22 heavy (non-hydrogen) atoms. The summed E-state index contributed by atoms with van der Waals surface area (Å²) < 4.78 is 16.8. The van der Waals surface area contributed by atoms with Crippen LogP contribution < -0.4 is 5.73 Å². The van der Waals surface area contributed by atoms with Gasteiger partial charge in [0.25, 0.3) is 0 Å². The van der Waals surface area contributed by atoms with Gasteiger partial charge in [-0.2, -0.15) is 0 Å². The second-order valence-corrected chi connectivity index (χ2v) is 6.33. The maximum atomic E-state index is 11.0. The second-order valence-electron chi connectivity index (χ2n) is 4.58. The molecule has 0 aliphatic rings. The first-order chi connectivity index (χ1) is 10.3. The summed E-state index contributed by atoms with van der Waals surface area (Å²) in [6, 6.07) is -0.613. The van der Waals surface area contributed by atoms with E-state index in [4.69, 9.17) is 10.6 Å². The molecule has 0 fully saturated rings. The standard InChI is InChI=1S/C11H16N5O5P/c1-7(4-20-21-22(2,18)19)8(3-17)16-6-15-9-10(12)13-5-14-11(9)16/h5-6,8,17H,1,3-4H2,2H3,(H,18,19)(H2,12,13,14). The fraction of sp³-hybridized carbons (Fsp3) is 0.364. The molecule has 0 spiro atoms. The molecule has 0 aromatic carbocycles. The number of fused-ring (bicyclic) bond motifs is 1. The van der Waals surface area contributed by atoms with E-state index in [0.29, 0.717) is 16.7 Å². The highest BCUT2D eigenvalue weighted by molar-refractivity contribution is 7.51. The Morgan fingerprint density at radius 1 is 1.55 bits per heavy atom. The van der Waals surface area contributed by atoms with Crippen LogP contribution in [0.5, 0.6) is 0 Å². The van der Waals surface area contributed by atoms with Crippen LogP contribution in [0.4, 0.5) is 5.82 Å². The van der Waals surface area contributed by atoms with Gasteiger partial charge >= 0.3 is 7.60 Å². The number of aromatic nitrogens is 4. The number of imidazole rings is 1. The molecular weight excluding hydrogens is 313 g/mol. The van der Waals surface area contributed by atoms with Gasteiger partial charge in [-0.15, -0.1) is 4.67 Å². The number of nitrogen functional groups attached to an aromatic ring is 1. The monoisotopic (exact) mass is 329 g/mol. The lowest BCUT2D eigenvalue weighted by molar-refractivity contribution is -0.204. The zero-order valence-electron chi connectivity index (χ0n) is 11.8. The maximum Gasteiger partial charge on any atom is 0.352 e. The van der Waals surface area contributed by atoms with Crippen LogP contribution in [0.1, 0.15) is 6.04 Å². The first-order valence-corrected chi connectivity index (χ1v) is 8.19. The highest BCUT2D eigenvalue weighted by atomic mass is 31.2. The summed E-state index contributed by atoms with van der Waals surface area (Å²) in [7, 11) is -3.75. The van der Waals surface area contributed by atoms with Gasteiger partial charge in [0.1, 0.15) is 18.5 Å². The Labute approximate surface area is 125 Å². The number of anilines is 1. The van der Waals surface area contributed by atoms with Gasteiger partial charge in [-0.25, -0.2) is 19.8 Å². The van der Waals surface area contributed by atoms with E-state index < -0.39 is 13.6 Å². The molecule has 0 aliphatic heterocycles. The number of hydrogen-bond donors (Lipinski definition) is 3. The van der Waals surface area contributed by atoms with E-state index >= 15 is 0 Å². The number of rotatable bonds is 7. The number of nitrogens with two attached hydrogens (primary N) is 1. The minimum absolute atomic E-state index is 0.191. The molecule has 0 amide bonds. The molecule has 2 aromatic heterocycles. The highest BCUT2D eigenvalue weighted by Crippen LogP contribution is 2.37. The molecule has 0 saturated carbocycles. The molecule has 11 heteroatoms. The average Bonchev–Trinajstić information content (AvgIpc) is 2.84. The molecule has 2 atom stereocenters. The third kappa shape index (κ3) is 3.67. The minimum Gasteiger partial charge on any atom is -0.394 e. The van der Waals surface area contributed by atoms with E-state index in [-0.39, 0.29) is 19.0 Å². The summed E-state index contributed by atoms with van der Waals surface area (Å²) in [6.07, 6.45) is 2.73. The maximum absolute atomic E-state index is 11.0. The second kappa shape index (κ2) is 6.51. The predicted octanol–water partition coefficient (Wildman–Crippen LogP) is 0.261. The van der Waals surface area contributed by atoms with Gasteiger partial charge in [0.2, 0.25) is 0 Å². The number of aliphatic hydroxyl groups excluding tert-OH is 1. The molecule has 2 heterocycles. The summed E-state index contributed by atoms with van der Waals surface area (Å²) in [6.45, 7) is 4.26. The number of hydrogen-bond acceptors (Lipinski definition) is 8. The first-order valence-electron chi connectivity index (χ1n) is 6.16. The van der Waals surface area contributed by atoms with E-state index in [9.17, 15) is 9.67 Å². The summed E-state index contributed by atoms with van der Waals surface area (Å²) in [4.78, 5) is 25.6. The van der Waals surface area contributed by atoms with Crippen molar-refractivity contribution in [3.63, 3.8) is 0 Å². The van der Waals surface area contributed by atoms with Crippen molar-refractivity contribution in [2.24, 2.45) is 0 Å². The van der Waals surface area contributed by atoms with Crippen LogP contribution in [0.2, 0.25) is 0 Å². The Balaban J connectivity index is 2.18. The van der Waals surface area contributed by atoms with Gasteiger partial charge < -0.3 is 20.3 Å². The normalized spacial score (nSPS) is 15.6. The molecule has 0 aliphatic carbocycles. The van der Waals surface area contributed by atoms with Crippen molar-refractivity contribution in [3.05, 3.63) is 24.8 Å². The van der Waals surface area contributed by atoms with E-state index in [0.717, 1.165) is 6.66 Å². The lowest BCUT2D eigenvalue weighted by Crippen LogP contribution is -2.18. The van der Waals surface area contributed by atoms with E-state index in [1.807, 2.05) is 0 Å². The van der Waals surface area contributed by atoms with Gasteiger partial charge in [0, 0.05) is 6.66 Å². The summed E-state index contributed by atoms with van der Waals surface area (Å²) in [5, 5.41) is 9.57. The smallest absolute Gasteiger partial charge is 0.352 e. The van der Waals surface area contributed by atoms with Crippen molar-refractivity contribution >= 4 is 24.6 Å². The van der Waals surface area contributed by atoms with Crippen molar-refractivity contribution in [1.82, 2.24) is 19.5 Å². The van der Waals surface area contributed by atoms with Crippen LogP contribution in [0.25, 0.3) is 11.2 Å². The third-order valence-electron chi connectivity index (χ3n) is 2.80. The lowest BCUT2D eigenvalue weighted by atomic mass is 10.1. The molecule has 0 bridgehead atoms. The van der Waals surface area contributed by atoms with Crippen LogP contribution >= 0.6 is 7.60 Å². The zero-order valence-corrected chi connectivity index (χ0v) is 12.7. The van der Waals surface area contributed by atoms with Crippen molar-refractivity contribution in [2.45, 2.75) is 6.04 Å². The van der Waals surface area contributed by atoms with Crippen LogP contribution in [0.15, 0.2) is 24.8 Å². The SMILES string of the molecule is C=C(COOP(C)(=O)O)C(CO)n1cnc2c(N)ncnc21. The van der Waals surface area contributed by atoms with Crippen molar-refractivity contribution < 1.29 is 24.1 Å². The Morgan fingerprint density at radius 2 is 2.27 bits per heavy atom. The quantitative estimate of drug-likeness (QED) is 0.282. The first kappa shape index (κ1) is 16.5. The molecule has 0 saturated heterocycles. The van der Waals surface area contributed by atoms with E-state index in [1.54, 1.807) is 4.57 Å². The van der Waals surface area contributed by atoms with Crippen LogP contribution in [-0.2, 0) is 14.1 Å². The predicted molar refractivity (Wildman–Crippen MR) is 77.8 cm³/mol. The van der Waals surface area contributed by atoms with Gasteiger partial charge in [-0.3, -0.25) is 4.57 Å². The molecule has 4 N–H and O–H groups in total. The zero-order chi connectivity index (χ0) is 16.3. The molecule has 2 aromatic rings. The third-order valence-corrected chi connectivity index (χ3v) is 3.18. The van der Waals surface area contributed by atoms with Crippen LogP contribution in [-0.4, -0.2) is 49.4 Å². The molecule has 0 radical (unpaired) electrons. The van der Waals surface area contributed by atoms with Crippen molar-refractivity contribution in [3.8, 4) is 0 Å². The largest absolute Gasteiger partial charge is 0.394 e. The lowest BCUT2D eigenvalue weighted by Gasteiger charge is -2.19. The van der Waals surface area contributed by atoms with Crippen molar-refractivity contribution in [2.75, 3.05) is 25.6 Å². The number of aliphatic hydroxyl groups is 1. The Bertz CT molecular complexity index is 727. The molecular formula is C11H16N5O5P. The fourth-order valence-corrected chi connectivity index (χ4v) is 2.06. The van der Waals surface area contributed by atoms with Gasteiger partial charge in [-0.1, -0.05) is 6.58 Å².